The summed E-state index contributed by atoms with van der Waals surface area (Å²) in [6.45, 7) is 12.8. The predicted octanol–water partition coefficient (Wildman–Crippen LogP) is 6.17. The molecule has 7 nitrogen and oxygen atoms in total. The second-order valence-electron chi connectivity index (χ2n) is 10.8. The van der Waals surface area contributed by atoms with Crippen molar-refractivity contribution in [2.75, 3.05) is 5.73 Å². The van der Waals surface area contributed by atoms with Crippen LogP contribution >= 0.6 is 0 Å². The Bertz CT molecular complexity index is 1420. The number of halogens is 3. The number of aromatic nitrogens is 2. The number of nitrogens with two attached hydrogens (primary N) is 1. The van der Waals surface area contributed by atoms with Crippen LogP contribution in [0.3, 0.4) is 0 Å². The summed E-state index contributed by atoms with van der Waals surface area (Å²) < 4.78 is 72.6. The Hall–Kier alpha value is -2.70. The van der Waals surface area contributed by atoms with Crippen LogP contribution < -0.4 is 5.73 Å². The lowest BCUT2D eigenvalue weighted by Crippen LogP contribution is -2.43. The van der Waals surface area contributed by atoms with E-state index in [-0.39, 0.29) is 33.1 Å². The average Bonchev–Trinajstić information content (AvgIpc) is 3.11. The highest BCUT2D eigenvalue weighted by Gasteiger charge is 2.42. The number of ketones is 1. The summed E-state index contributed by atoms with van der Waals surface area (Å²) in [6, 6.07) is 8.66. The third-order valence-corrected chi connectivity index (χ3v) is 13.3. The van der Waals surface area contributed by atoms with Crippen LogP contribution in [0.2, 0.25) is 18.1 Å². The molecule has 0 aliphatic rings. The molecule has 12 heteroatoms. The normalized spacial score (nSPS) is 14.4. The molecule has 0 radical (unpaired) electrons. The van der Waals surface area contributed by atoms with Crippen LogP contribution in [0, 0.1) is 0 Å². The third kappa shape index (κ3) is 5.60. The fraction of sp³-hybridized carbons (Fsp3) is 0.440. The molecule has 2 aromatic carbocycles. The number of nitrogen functional groups attached to an aromatic ring is 1. The number of hydrogen-bond acceptors (Lipinski definition) is 6. The van der Waals surface area contributed by atoms with Crippen LogP contribution in [0.15, 0.2) is 42.5 Å². The number of nitrogens with zero attached hydrogens (tertiary/aromatic N) is 2. The van der Waals surface area contributed by atoms with Crippen LogP contribution in [0.1, 0.15) is 62.2 Å². The maximum Gasteiger partial charge on any atom is 0.416 e. The van der Waals surface area contributed by atoms with Gasteiger partial charge in [0.2, 0.25) is 16.0 Å². The molecule has 3 rings (SSSR count). The monoisotopic (exact) mass is 555 g/mol. The minimum absolute atomic E-state index is 0.121. The molecule has 0 aliphatic carbocycles. The van der Waals surface area contributed by atoms with Crippen molar-refractivity contribution in [3.8, 4) is 0 Å². The lowest BCUT2D eigenvalue weighted by Gasteiger charge is -2.39. The molecule has 0 aliphatic heterocycles. The quantitative estimate of drug-likeness (QED) is 0.276. The number of anilines is 1. The SMILES string of the molecule is CC(C)S(=O)(=O)n1c(N)nc2ccc(C(=O)C(O[Si](C)(C)C(C)(C)C)c3ccc(C(F)(F)F)cc3)cc21. The van der Waals surface area contributed by atoms with Gasteiger partial charge >= 0.3 is 6.18 Å². The highest BCUT2D eigenvalue weighted by molar-refractivity contribution is 7.90. The Morgan fingerprint density at radius 2 is 1.62 bits per heavy atom. The number of alkyl halides is 3. The molecular weight excluding hydrogens is 523 g/mol. The van der Waals surface area contributed by atoms with Crippen molar-refractivity contribution in [2.45, 2.75) is 70.3 Å². The first-order valence-electron chi connectivity index (χ1n) is 11.7. The molecule has 0 bridgehead atoms. The van der Waals surface area contributed by atoms with Crippen molar-refractivity contribution in [3.05, 3.63) is 59.2 Å². The van der Waals surface area contributed by atoms with E-state index in [0.717, 1.165) is 16.1 Å². The van der Waals surface area contributed by atoms with E-state index in [1.807, 2.05) is 33.9 Å². The molecule has 1 aromatic heterocycles. The highest BCUT2D eigenvalue weighted by atomic mass is 32.2. The minimum Gasteiger partial charge on any atom is -0.403 e. The van der Waals surface area contributed by atoms with Gasteiger partial charge in [-0.1, -0.05) is 32.9 Å². The van der Waals surface area contributed by atoms with Gasteiger partial charge in [0.1, 0.15) is 6.10 Å². The second kappa shape index (κ2) is 9.55. The zero-order valence-electron chi connectivity index (χ0n) is 21.8. The number of carbonyl (C=O) groups is 1. The molecule has 0 saturated carbocycles. The molecule has 0 fully saturated rings. The van der Waals surface area contributed by atoms with E-state index in [0.29, 0.717) is 0 Å². The minimum atomic E-state index is -4.52. The number of imidazole rings is 1. The van der Waals surface area contributed by atoms with Crippen molar-refractivity contribution >= 4 is 41.1 Å². The van der Waals surface area contributed by atoms with Gasteiger partial charge in [0.05, 0.1) is 21.8 Å². The Morgan fingerprint density at radius 1 is 1.05 bits per heavy atom. The van der Waals surface area contributed by atoms with E-state index in [1.54, 1.807) is 0 Å². The summed E-state index contributed by atoms with van der Waals surface area (Å²) in [5.41, 5.74) is 5.89. The maximum absolute atomic E-state index is 13.8. The van der Waals surface area contributed by atoms with Gasteiger partial charge in [-0.3, -0.25) is 4.79 Å². The van der Waals surface area contributed by atoms with Crippen molar-refractivity contribution in [2.24, 2.45) is 0 Å². The Morgan fingerprint density at radius 3 is 2.11 bits per heavy atom. The molecule has 3 aromatic rings. The summed E-state index contributed by atoms with van der Waals surface area (Å²) in [5, 5.41) is -1.09. The smallest absolute Gasteiger partial charge is 0.403 e. The predicted molar refractivity (Wildman–Crippen MR) is 140 cm³/mol. The largest absolute Gasteiger partial charge is 0.416 e. The van der Waals surface area contributed by atoms with Gasteiger partial charge in [-0.05, 0) is 67.9 Å². The number of fused-ring (bicyclic) bond motifs is 1. The molecule has 0 spiro atoms. The fourth-order valence-electron chi connectivity index (χ4n) is 3.45. The van der Waals surface area contributed by atoms with Crippen LogP contribution in [0.4, 0.5) is 19.1 Å². The zero-order valence-corrected chi connectivity index (χ0v) is 23.7. The Labute approximate surface area is 216 Å². The molecule has 202 valence electrons. The summed E-state index contributed by atoms with van der Waals surface area (Å²) in [4.78, 5) is 18.0. The summed E-state index contributed by atoms with van der Waals surface area (Å²) in [5.74, 6) is -0.745. The average molecular weight is 556 g/mol. The van der Waals surface area contributed by atoms with Gasteiger partial charge in [0.25, 0.3) is 0 Å². The Balaban J connectivity index is 2.16. The summed E-state index contributed by atoms with van der Waals surface area (Å²) in [6.07, 6.45) is -5.72. The first kappa shape index (κ1) is 28.9. The Kier molecular flexibility index (Phi) is 7.45. The van der Waals surface area contributed by atoms with E-state index < -0.39 is 47.2 Å². The number of hydrogen-bond donors (Lipinski definition) is 1. The van der Waals surface area contributed by atoms with Gasteiger partial charge in [-0.15, -0.1) is 0 Å². The molecule has 2 N–H and O–H groups in total. The van der Waals surface area contributed by atoms with Crippen LogP contribution in [-0.4, -0.2) is 36.7 Å². The molecule has 1 heterocycles. The third-order valence-electron chi connectivity index (χ3n) is 6.77. The maximum atomic E-state index is 13.8. The first-order chi connectivity index (χ1) is 16.8. The van der Waals surface area contributed by atoms with Gasteiger partial charge in [-0.2, -0.15) is 13.2 Å². The van der Waals surface area contributed by atoms with Crippen molar-refractivity contribution < 1.29 is 30.8 Å². The van der Waals surface area contributed by atoms with Crippen molar-refractivity contribution in [1.29, 1.82) is 0 Å². The van der Waals surface area contributed by atoms with E-state index >= 15 is 0 Å². The topological polar surface area (TPSA) is 104 Å². The number of Topliss-reactive ketones (excluding diaryl/α,β-unsaturated/α-hetero) is 1. The summed E-state index contributed by atoms with van der Waals surface area (Å²) in [7, 11) is -6.46. The standard InChI is InChI=1S/C25H32F3N3O4SSi/c1-15(2)36(33,34)31-20-14-17(10-13-19(20)30-23(31)29)21(32)22(35-37(6,7)24(3,4)5)16-8-11-18(12-9-16)25(26,27)28/h8-15,22H,1-7H3,(H2,29,30). The van der Waals surface area contributed by atoms with Gasteiger partial charge in [0.15, 0.2) is 14.1 Å². The fourth-order valence-corrected chi connectivity index (χ4v) is 5.78. The van der Waals surface area contributed by atoms with E-state index in [9.17, 15) is 26.4 Å². The van der Waals surface area contributed by atoms with E-state index in [4.69, 9.17) is 10.2 Å². The molecule has 1 unspecified atom stereocenters. The van der Waals surface area contributed by atoms with Crippen LogP contribution in [0.5, 0.6) is 0 Å². The zero-order chi connectivity index (χ0) is 28.1. The number of carbonyl (C=O) groups excluding carboxylic acids is 1. The van der Waals surface area contributed by atoms with Crippen molar-refractivity contribution in [1.82, 2.24) is 8.96 Å². The van der Waals surface area contributed by atoms with Crippen molar-refractivity contribution in [3.63, 3.8) is 0 Å². The first-order valence-corrected chi connectivity index (χ1v) is 16.1. The number of rotatable bonds is 7. The van der Waals surface area contributed by atoms with Gasteiger partial charge < -0.3 is 10.2 Å². The van der Waals surface area contributed by atoms with Crippen LogP contribution in [0.25, 0.3) is 11.0 Å². The van der Waals surface area contributed by atoms with E-state index in [2.05, 4.69) is 4.98 Å². The van der Waals surface area contributed by atoms with E-state index in [1.165, 1.54) is 44.2 Å². The number of benzene rings is 2. The van der Waals surface area contributed by atoms with Crippen LogP contribution in [-0.2, 0) is 20.6 Å². The summed E-state index contributed by atoms with van der Waals surface area (Å²) >= 11 is 0. The molecule has 0 saturated heterocycles. The molecule has 37 heavy (non-hydrogen) atoms. The lowest BCUT2D eigenvalue weighted by molar-refractivity contribution is -0.137. The van der Waals surface area contributed by atoms with Gasteiger partial charge in [-0.25, -0.2) is 17.4 Å². The lowest BCUT2D eigenvalue weighted by atomic mass is 9.98. The molecule has 1 atom stereocenters. The molecular formula is C25H32F3N3O4SSi. The second-order valence-corrected chi connectivity index (χ2v) is 17.9. The molecule has 0 amide bonds. The van der Waals surface area contributed by atoms with Gasteiger partial charge in [0, 0.05) is 5.56 Å². The highest BCUT2D eigenvalue weighted by Crippen LogP contribution is 2.41.